The number of carbonyl (C=O) groups excluding carboxylic acids is 1. The van der Waals surface area contributed by atoms with E-state index in [2.05, 4.69) is 12.2 Å². The third-order valence-electron chi connectivity index (χ3n) is 8.88. The molecule has 1 N–H and O–H groups in total. The van der Waals surface area contributed by atoms with Crippen molar-refractivity contribution in [1.29, 1.82) is 0 Å². The van der Waals surface area contributed by atoms with Crippen molar-refractivity contribution in [2.75, 3.05) is 13.1 Å². The molecule has 3 saturated carbocycles. The van der Waals surface area contributed by atoms with Crippen LogP contribution in [0.2, 0.25) is 0 Å². The topological polar surface area (TPSA) is 66.5 Å². The number of rotatable bonds is 5. The minimum Gasteiger partial charge on any atom is -0.354 e. The molecule has 4 fully saturated rings. The highest BCUT2D eigenvalue weighted by molar-refractivity contribution is 7.89. The van der Waals surface area contributed by atoms with Crippen LogP contribution in [0.1, 0.15) is 70.3 Å². The van der Waals surface area contributed by atoms with E-state index >= 15 is 0 Å². The van der Waals surface area contributed by atoms with Crippen LogP contribution < -0.4 is 5.32 Å². The van der Waals surface area contributed by atoms with Crippen LogP contribution >= 0.6 is 0 Å². The van der Waals surface area contributed by atoms with Crippen LogP contribution in [0.5, 0.6) is 0 Å². The summed E-state index contributed by atoms with van der Waals surface area (Å²) in [6, 6.07) is 6.93. The summed E-state index contributed by atoms with van der Waals surface area (Å²) in [5.74, 6) is 1.40. The molecule has 170 valence electrons. The molecule has 1 aliphatic heterocycles. The zero-order valence-corrected chi connectivity index (χ0v) is 19.7. The lowest BCUT2D eigenvalue weighted by Gasteiger charge is -2.37. The number of carbonyl (C=O) groups is 1. The summed E-state index contributed by atoms with van der Waals surface area (Å²) in [5, 5.41) is 3.25. The van der Waals surface area contributed by atoms with E-state index in [-0.39, 0.29) is 17.4 Å². The van der Waals surface area contributed by atoms with E-state index in [0.717, 1.165) is 37.7 Å². The first-order chi connectivity index (χ1) is 14.7. The van der Waals surface area contributed by atoms with Crippen LogP contribution in [0.3, 0.4) is 0 Å². The molecule has 0 aromatic heterocycles. The second kappa shape index (κ2) is 7.58. The highest BCUT2D eigenvalue weighted by Gasteiger charge is 2.58. The van der Waals surface area contributed by atoms with Gasteiger partial charge in [0.2, 0.25) is 15.9 Å². The van der Waals surface area contributed by atoms with Crippen LogP contribution in [0, 0.1) is 29.6 Å². The summed E-state index contributed by atoms with van der Waals surface area (Å²) >= 11 is 0. The van der Waals surface area contributed by atoms with E-state index in [4.69, 9.17) is 0 Å². The summed E-state index contributed by atoms with van der Waals surface area (Å²) in [6.07, 6.45) is 9.77. The van der Waals surface area contributed by atoms with Gasteiger partial charge in [-0.1, -0.05) is 31.0 Å². The Labute approximate surface area is 187 Å². The second-order valence-corrected chi connectivity index (χ2v) is 13.1. The van der Waals surface area contributed by atoms with Crippen molar-refractivity contribution in [2.24, 2.45) is 22.7 Å². The van der Waals surface area contributed by atoms with E-state index in [0.29, 0.717) is 35.2 Å². The molecule has 1 aromatic rings. The molecule has 5 rings (SSSR count). The Morgan fingerprint density at radius 2 is 1.90 bits per heavy atom. The largest absolute Gasteiger partial charge is 0.354 e. The zero-order valence-electron chi connectivity index (χ0n) is 18.9. The lowest BCUT2D eigenvalue weighted by molar-refractivity contribution is -0.133. The average Bonchev–Trinajstić information content (AvgIpc) is 3.27. The third kappa shape index (κ3) is 3.64. The smallest absolute Gasteiger partial charge is 0.243 e. The predicted octanol–water partition coefficient (Wildman–Crippen LogP) is 4.26. The first-order valence-electron chi connectivity index (χ1n) is 12.1. The molecule has 1 saturated heterocycles. The number of nitrogens with zero attached hydrogens (tertiary/aromatic N) is 1. The number of amides is 1. The van der Waals surface area contributed by atoms with Crippen LogP contribution in [0.4, 0.5) is 0 Å². The van der Waals surface area contributed by atoms with Crippen molar-refractivity contribution in [3.8, 4) is 0 Å². The quantitative estimate of drug-likeness (QED) is 0.738. The highest BCUT2D eigenvalue weighted by Crippen LogP contribution is 2.64. The van der Waals surface area contributed by atoms with Gasteiger partial charge in [-0.3, -0.25) is 4.79 Å². The van der Waals surface area contributed by atoms with E-state index in [1.807, 2.05) is 19.1 Å². The molecule has 4 aliphatic rings. The minimum absolute atomic E-state index is 0.150. The van der Waals surface area contributed by atoms with Gasteiger partial charge in [-0.25, -0.2) is 8.42 Å². The molecule has 3 aliphatic carbocycles. The van der Waals surface area contributed by atoms with Crippen molar-refractivity contribution in [1.82, 2.24) is 9.62 Å². The molecular weight excluding hydrogens is 408 g/mol. The fourth-order valence-corrected chi connectivity index (χ4v) is 9.19. The molecule has 6 heteroatoms. The van der Waals surface area contributed by atoms with Crippen molar-refractivity contribution in [3.05, 3.63) is 29.8 Å². The number of hydrogen-bond donors (Lipinski definition) is 1. The van der Waals surface area contributed by atoms with Gasteiger partial charge >= 0.3 is 0 Å². The van der Waals surface area contributed by atoms with Gasteiger partial charge < -0.3 is 5.32 Å². The van der Waals surface area contributed by atoms with Crippen molar-refractivity contribution in [3.63, 3.8) is 0 Å². The predicted molar refractivity (Wildman–Crippen MR) is 121 cm³/mol. The van der Waals surface area contributed by atoms with Gasteiger partial charge in [-0.15, -0.1) is 0 Å². The van der Waals surface area contributed by atoms with E-state index in [9.17, 15) is 13.2 Å². The summed E-state index contributed by atoms with van der Waals surface area (Å²) < 4.78 is 28.1. The summed E-state index contributed by atoms with van der Waals surface area (Å²) in [7, 11) is -3.53. The van der Waals surface area contributed by atoms with Gasteiger partial charge in [-0.2, -0.15) is 4.31 Å². The minimum atomic E-state index is -3.53. The first-order valence-corrected chi connectivity index (χ1v) is 13.5. The maximum Gasteiger partial charge on any atom is 0.243 e. The Kier molecular flexibility index (Phi) is 5.25. The van der Waals surface area contributed by atoms with E-state index in [1.165, 1.54) is 25.7 Å². The van der Waals surface area contributed by atoms with Gasteiger partial charge in [0.15, 0.2) is 0 Å². The molecule has 31 heavy (non-hydrogen) atoms. The average molecular weight is 445 g/mol. The lowest BCUT2D eigenvalue weighted by Crippen LogP contribution is -2.48. The number of hydrogen-bond acceptors (Lipinski definition) is 3. The Morgan fingerprint density at radius 3 is 2.68 bits per heavy atom. The standard InChI is InChI=1S/C25H36N2O3S/c1-18-6-8-22(9-7-18)31(29,30)27-12-3-5-21(27)17-26-23(28)25-11-4-10-24(2)14-19(15-25)13-20(25)16-24/h6-9,19-21H,3-5,10-17H2,1-2H3,(H,26,28)/t19?,20?,21?,24-,25+/m0/s1. The summed E-state index contributed by atoms with van der Waals surface area (Å²) in [4.78, 5) is 13.9. The maximum atomic E-state index is 13.6. The van der Waals surface area contributed by atoms with Crippen LogP contribution in [-0.2, 0) is 14.8 Å². The Balaban J connectivity index is 1.29. The molecule has 1 heterocycles. The summed E-state index contributed by atoms with van der Waals surface area (Å²) in [6.45, 7) is 5.35. The number of nitrogens with one attached hydrogen (secondary N) is 1. The van der Waals surface area contributed by atoms with Gasteiger partial charge in [-0.05, 0) is 87.7 Å². The fourth-order valence-electron chi connectivity index (χ4n) is 7.50. The number of aryl methyl sites for hydroxylation is 1. The van der Waals surface area contributed by atoms with Gasteiger partial charge in [0, 0.05) is 19.1 Å². The molecule has 1 amide bonds. The second-order valence-electron chi connectivity index (χ2n) is 11.2. The maximum absolute atomic E-state index is 13.6. The van der Waals surface area contributed by atoms with E-state index < -0.39 is 10.0 Å². The monoisotopic (exact) mass is 444 g/mol. The molecule has 0 radical (unpaired) electrons. The van der Waals surface area contributed by atoms with Crippen molar-refractivity contribution < 1.29 is 13.2 Å². The normalized spacial score (nSPS) is 37.7. The molecule has 0 spiro atoms. The molecule has 5 atom stereocenters. The van der Waals surface area contributed by atoms with Crippen LogP contribution in [-0.4, -0.2) is 37.8 Å². The van der Waals surface area contributed by atoms with Crippen molar-refractivity contribution in [2.45, 2.75) is 82.6 Å². The molecule has 5 nitrogen and oxygen atoms in total. The van der Waals surface area contributed by atoms with Gasteiger partial charge in [0.1, 0.15) is 0 Å². The fraction of sp³-hybridized carbons (Fsp3) is 0.720. The first kappa shape index (κ1) is 21.4. The molecule has 1 aromatic carbocycles. The van der Waals surface area contributed by atoms with Crippen molar-refractivity contribution >= 4 is 15.9 Å². The molecule has 3 bridgehead atoms. The highest BCUT2D eigenvalue weighted by atomic mass is 32.2. The van der Waals surface area contributed by atoms with Gasteiger partial charge in [0.25, 0.3) is 0 Å². The number of fused-ring (bicyclic) bond motifs is 2. The Hall–Kier alpha value is -1.40. The third-order valence-corrected chi connectivity index (χ3v) is 10.8. The van der Waals surface area contributed by atoms with E-state index in [1.54, 1.807) is 16.4 Å². The van der Waals surface area contributed by atoms with Gasteiger partial charge in [0.05, 0.1) is 10.3 Å². The Bertz CT molecular complexity index is 959. The molecule has 3 unspecified atom stereocenters. The summed E-state index contributed by atoms with van der Waals surface area (Å²) in [5.41, 5.74) is 1.26. The molecular formula is C25H36N2O3S. The number of sulfonamides is 1. The number of benzene rings is 1. The Morgan fingerprint density at radius 1 is 1.13 bits per heavy atom. The van der Waals surface area contributed by atoms with Crippen LogP contribution in [0.15, 0.2) is 29.2 Å². The van der Waals surface area contributed by atoms with Crippen LogP contribution in [0.25, 0.3) is 0 Å². The SMILES string of the molecule is Cc1ccc(S(=O)(=O)N2CCCC2CNC(=O)[C@@]23CCC[C@@]4(C)CC(CC2C4)C3)cc1. The lowest BCUT2D eigenvalue weighted by atomic mass is 9.68. The zero-order chi connectivity index (χ0) is 21.9.